The Hall–Kier alpha value is -1.47. The summed E-state index contributed by atoms with van der Waals surface area (Å²) in [6.07, 6.45) is -0.143. The molecule has 0 bridgehead atoms. The van der Waals surface area contributed by atoms with Gasteiger partial charge in [0.15, 0.2) is 0 Å². The van der Waals surface area contributed by atoms with Gasteiger partial charge < -0.3 is 16.6 Å². The van der Waals surface area contributed by atoms with Gasteiger partial charge in [-0.1, -0.05) is 13.8 Å². The smallest absolute Gasteiger partial charge is 0.320 e. The van der Waals surface area contributed by atoms with Crippen molar-refractivity contribution >= 4 is 17.8 Å². The molecule has 0 aromatic carbocycles. The largest absolute Gasteiger partial charge is 0.480 e. The second-order valence-electron chi connectivity index (χ2n) is 4.17. The highest BCUT2D eigenvalue weighted by Crippen LogP contribution is 1.99. The first-order valence-corrected chi connectivity index (χ1v) is 5.33. The van der Waals surface area contributed by atoms with Crippen LogP contribution in [0.4, 0.5) is 0 Å². The molecule has 0 fully saturated rings. The number of carbonyl (C=O) groups is 3. The van der Waals surface area contributed by atoms with Gasteiger partial charge in [0.2, 0.25) is 11.8 Å². The molecule has 6 N–H and O–H groups in total. The van der Waals surface area contributed by atoms with Gasteiger partial charge in [0.1, 0.15) is 6.04 Å². The van der Waals surface area contributed by atoms with Gasteiger partial charge in [0.25, 0.3) is 0 Å². The summed E-state index contributed by atoms with van der Waals surface area (Å²) in [4.78, 5) is 33.0. The number of carboxylic acid groups (broad SMARTS) is 1. The van der Waals surface area contributed by atoms with E-state index in [1.807, 2.05) is 0 Å². The molecule has 17 heavy (non-hydrogen) atoms. The van der Waals surface area contributed by atoms with Crippen LogP contribution in [0, 0.1) is 5.92 Å². The van der Waals surface area contributed by atoms with Crippen molar-refractivity contribution in [1.29, 1.82) is 0 Å². The minimum absolute atomic E-state index is 0.0225. The third-order valence-electron chi connectivity index (χ3n) is 2.28. The molecule has 0 saturated heterocycles. The molecule has 0 saturated carbocycles. The van der Waals surface area contributed by atoms with Gasteiger partial charge in [-0.15, -0.1) is 0 Å². The molecule has 7 heteroatoms. The van der Waals surface area contributed by atoms with E-state index < -0.39 is 29.9 Å². The molecule has 2 unspecified atom stereocenters. The predicted octanol–water partition coefficient (Wildman–Crippen LogP) is -1.20. The van der Waals surface area contributed by atoms with E-state index >= 15 is 0 Å². The lowest BCUT2D eigenvalue weighted by molar-refractivity contribution is -0.138. The molecule has 0 radical (unpaired) electrons. The summed E-state index contributed by atoms with van der Waals surface area (Å²) < 4.78 is 0. The van der Waals surface area contributed by atoms with Crippen LogP contribution in [-0.4, -0.2) is 35.0 Å². The van der Waals surface area contributed by atoms with Crippen LogP contribution in [0.2, 0.25) is 0 Å². The van der Waals surface area contributed by atoms with Crippen LogP contribution in [0.15, 0.2) is 0 Å². The first-order valence-electron chi connectivity index (χ1n) is 5.33. The molecule has 0 spiro atoms. The molecule has 0 heterocycles. The SMILES string of the molecule is CC(C)C(N)C(=O)NC(=O)CCC(N)C(=O)O. The number of rotatable bonds is 6. The van der Waals surface area contributed by atoms with E-state index in [0.717, 1.165) is 0 Å². The molecule has 2 amide bonds. The maximum Gasteiger partial charge on any atom is 0.320 e. The topological polar surface area (TPSA) is 136 Å². The highest BCUT2D eigenvalue weighted by atomic mass is 16.4. The lowest BCUT2D eigenvalue weighted by Gasteiger charge is -2.14. The summed E-state index contributed by atoms with van der Waals surface area (Å²) in [5.41, 5.74) is 10.7. The molecule has 2 atom stereocenters. The summed E-state index contributed by atoms with van der Waals surface area (Å²) in [6.45, 7) is 3.52. The number of hydrogen-bond donors (Lipinski definition) is 4. The molecule has 0 aliphatic rings. The third kappa shape index (κ3) is 5.98. The highest BCUT2D eigenvalue weighted by Gasteiger charge is 2.20. The second-order valence-corrected chi connectivity index (χ2v) is 4.17. The normalized spacial score (nSPS) is 14.2. The first kappa shape index (κ1) is 15.5. The molecule has 0 aliphatic carbocycles. The number of carbonyl (C=O) groups excluding carboxylic acids is 2. The number of nitrogens with one attached hydrogen (secondary N) is 1. The highest BCUT2D eigenvalue weighted by molar-refractivity contribution is 5.97. The van der Waals surface area contributed by atoms with Gasteiger partial charge in [-0.2, -0.15) is 0 Å². The van der Waals surface area contributed by atoms with Crippen molar-refractivity contribution in [1.82, 2.24) is 5.32 Å². The van der Waals surface area contributed by atoms with Crippen LogP contribution in [-0.2, 0) is 14.4 Å². The molecule has 0 aromatic heterocycles. The second kappa shape index (κ2) is 6.97. The van der Waals surface area contributed by atoms with Crippen molar-refractivity contribution in [2.75, 3.05) is 0 Å². The van der Waals surface area contributed by atoms with E-state index in [1.54, 1.807) is 13.8 Å². The molecular formula is C10H19N3O4. The summed E-state index contributed by atoms with van der Waals surface area (Å²) in [6, 6.07) is -1.86. The zero-order valence-electron chi connectivity index (χ0n) is 9.97. The van der Waals surface area contributed by atoms with Crippen LogP contribution in [0.3, 0.4) is 0 Å². The minimum Gasteiger partial charge on any atom is -0.480 e. The van der Waals surface area contributed by atoms with Crippen molar-refractivity contribution in [3.63, 3.8) is 0 Å². The molecular weight excluding hydrogens is 226 g/mol. The van der Waals surface area contributed by atoms with Crippen molar-refractivity contribution in [3.05, 3.63) is 0 Å². The third-order valence-corrected chi connectivity index (χ3v) is 2.28. The quantitative estimate of drug-likeness (QED) is 0.464. The minimum atomic E-state index is -1.18. The molecule has 0 aliphatic heterocycles. The number of aliphatic carboxylic acids is 1. The fraction of sp³-hybridized carbons (Fsp3) is 0.700. The van der Waals surface area contributed by atoms with Crippen LogP contribution in [0.5, 0.6) is 0 Å². The Morgan fingerprint density at radius 3 is 2.18 bits per heavy atom. The molecule has 0 aromatic rings. The fourth-order valence-electron chi connectivity index (χ4n) is 0.996. The lowest BCUT2D eigenvalue weighted by Crippen LogP contribution is -2.46. The Bertz CT molecular complexity index is 304. The average Bonchev–Trinajstić information content (AvgIpc) is 2.24. The van der Waals surface area contributed by atoms with Gasteiger partial charge in [0, 0.05) is 6.42 Å². The van der Waals surface area contributed by atoms with Crippen LogP contribution in [0.1, 0.15) is 26.7 Å². The Morgan fingerprint density at radius 2 is 1.76 bits per heavy atom. The lowest BCUT2D eigenvalue weighted by atomic mass is 10.0. The van der Waals surface area contributed by atoms with Crippen LogP contribution < -0.4 is 16.8 Å². The molecule has 0 rings (SSSR count). The van der Waals surface area contributed by atoms with Crippen molar-refractivity contribution in [3.8, 4) is 0 Å². The summed E-state index contributed by atoms with van der Waals surface area (Å²) in [7, 11) is 0. The number of nitrogens with two attached hydrogens (primary N) is 2. The number of carboxylic acids is 1. The first-order chi connectivity index (χ1) is 7.75. The maximum absolute atomic E-state index is 11.4. The maximum atomic E-state index is 11.4. The zero-order valence-corrected chi connectivity index (χ0v) is 9.97. The van der Waals surface area contributed by atoms with Gasteiger partial charge in [-0.25, -0.2) is 0 Å². The Morgan fingerprint density at radius 1 is 1.24 bits per heavy atom. The predicted molar refractivity (Wildman–Crippen MR) is 60.8 cm³/mol. The molecule has 98 valence electrons. The average molecular weight is 245 g/mol. The number of hydrogen-bond acceptors (Lipinski definition) is 5. The van der Waals surface area contributed by atoms with Gasteiger partial charge in [-0.05, 0) is 12.3 Å². The zero-order chi connectivity index (χ0) is 13.6. The van der Waals surface area contributed by atoms with E-state index in [2.05, 4.69) is 5.32 Å². The fourth-order valence-corrected chi connectivity index (χ4v) is 0.996. The number of imide groups is 1. The van der Waals surface area contributed by atoms with E-state index in [0.29, 0.717) is 0 Å². The van der Waals surface area contributed by atoms with E-state index in [1.165, 1.54) is 0 Å². The summed E-state index contributed by atoms with van der Waals surface area (Å²) in [5.74, 6) is -2.39. The standard InChI is InChI=1S/C10H19N3O4/c1-5(2)8(12)9(15)13-7(14)4-3-6(11)10(16)17/h5-6,8H,3-4,11-12H2,1-2H3,(H,16,17)(H,13,14,15). The van der Waals surface area contributed by atoms with Gasteiger partial charge in [0.05, 0.1) is 6.04 Å². The summed E-state index contributed by atoms with van der Waals surface area (Å²) >= 11 is 0. The number of amides is 2. The van der Waals surface area contributed by atoms with E-state index in [-0.39, 0.29) is 18.8 Å². The Kier molecular flexibility index (Phi) is 6.37. The summed E-state index contributed by atoms with van der Waals surface area (Å²) in [5, 5.41) is 10.6. The van der Waals surface area contributed by atoms with Gasteiger partial charge >= 0.3 is 5.97 Å². The van der Waals surface area contributed by atoms with Crippen molar-refractivity contribution in [2.45, 2.75) is 38.8 Å². The molecule has 7 nitrogen and oxygen atoms in total. The Balaban J connectivity index is 4.03. The van der Waals surface area contributed by atoms with Crippen LogP contribution >= 0.6 is 0 Å². The van der Waals surface area contributed by atoms with Crippen molar-refractivity contribution in [2.24, 2.45) is 17.4 Å². The Labute approximate surface area is 99.5 Å². The van der Waals surface area contributed by atoms with Gasteiger partial charge in [-0.3, -0.25) is 19.7 Å². The van der Waals surface area contributed by atoms with E-state index in [9.17, 15) is 14.4 Å². The van der Waals surface area contributed by atoms with Crippen LogP contribution in [0.25, 0.3) is 0 Å². The van der Waals surface area contributed by atoms with Crippen molar-refractivity contribution < 1.29 is 19.5 Å². The van der Waals surface area contributed by atoms with E-state index in [4.69, 9.17) is 16.6 Å². The monoisotopic (exact) mass is 245 g/mol.